The molecule has 33 heavy (non-hydrogen) atoms. The van der Waals surface area contributed by atoms with Crippen LogP contribution in [0.25, 0.3) is 5.76 Å². The lowest BCUT2D eigenvalue weighted by molar-refractivity contribution is -0.132. The van der Waals surface area contributed by atoms with E-state index in [1.807, 2.05) is 31.1 Å². The summed E-state index contributed by atoms with van der Waals surface area (Å²) in [5.41, 5.74) is 2.50. The van der Waals surface area contributed by atoms with Gasteiger partial charge in [0.25, 0.3) is 11.7 Å². The number of hydrogen-bond donors (Lipinski definition) is 1. The van der Waals surface area contributed by atoms with E-state index in [1.165, 1.54) is 12.0 Å². The first-order chi connectivity index (χ1) is 15.8. The number of rotatable bonds is 5. The maximum atomic E-state index is 13.2. The standard InChI is InChI=1S/C25H22BrN3O4/c1-28(2)17-7-9-18(10-8-17)29-22(16-5-4-12-27-14-16)21(24(31)25(29)32)23(30)15-6-11-20(33-3)19(26)13-15/h4-14,22,30H,1-3H3/b23-21-. The molecule has 0 bridgehead atoms. The van der Waals surface area contributed by atoms with Crippen LogP contribution in [0, 0.1) is 0 Å². The number of carbonyl (C=O) groups is 2. The van der Waals surface area contributed by atoms with Gasteiger partial charge in [0.2, 0.25) is 0 Å². The van der Waals surface area contributed by atoms with E-state index in [0.717, 1.165) is 5.69 Å². The quantitative estimate of drug-likeness (QED) is 0.310. The van der Waals surface area contributed by atoms with Crippen LogP contribution in [-0.2, 0) is 9.59 Å². The molecule has 1 fully saturated rings. The number of benzene rings is 2. The molecular weight excluding hydrogens is 486 g/mol. The third kappa shape index (κ3) is 4.09. The van der Waals surface area contributed by atoms with Gasteiger partial charge in [-0.05, 0) is 70.0 Å². The number of ketones is 1. The Bertz CT molecular complexity index is 1240. The van der Waals surface area contributed by atoms with Gasteiger partial charge in [-0.3, -0.25) is 19.5 Å². The lowest BCUT2D eigenvalue weighted by Gasteiger charge is -2.25. The molecule has 2 aromatic carbocycles. The molecule has 0 aliphatic carbocycles. The topological polar surface area (TPSA) is 83.0 Å². The number of aromatic nitrogens is 1. The zero-order valence-corrected chi connectivity index (χ0v) is 19.9. The third-order valence-electron chi connectivity index (χ3n) is 5.51. The Kier molecular flexibility index (Phi) is 6.20. The van der Waals surface area contributed by atoms with E-state index in [4.69, 9.17) is 4.74 Å². The van der Waals surface area contributed by atoms with Gasteiger partial charge < -0.3 is 14.7 Å². The highest BCUT2D eigenvalue weighted by molar-refractivity contribution is 9.10. The van der Waals surface area contributed by atoms with Crippen LogP contribution in [0.4, 0.5) is 11.4 Å². The number of anilines is 2. The fourth-order valence-electron chi connectivity index (χ4n) is 3.83. The summed E-state index contributed by atoms with van der Waals surface area (Å²) in [6.07, 6.45) is 3.21. The molecule has 168 valence electrons. The number of ether oxygens (including phenoxy) is 1. The van der Waals surface area contributed by atoms with Gasteiger partial charge >= 0.3 is 0 Å². The minimum absolute atomic E-state index is 0.00162. The Morgan fingerprint density at radius 1 is 1.12 bits per heavy atom. The predicted octanol–water partition coefficient (Wildman–Crippen LogP) is 4.55. The van der Waals surface area contributed by atoms with Crippen LogP contribution < -0.4 is 14.5 Å². The van der Waals surface area contributed by atoms with Crippen LogP contribution in [0.3, 0.4) is 0 Å². The molecule has 3 aromatic rings. The average molecular weight is 508 g/mol. The molecule has 0 radical (unpaired) electrons. The molecule has 1 atom stereocenters. The number of aliphatic hydroxyl groups is 1. The molecule has 2 heterocycles. The molecule has 1 aromatic heterocycles. The van der Waals surface area contributed by atoms with Gasteiger partial charge in [-0.15, -0.1) is 0 Å². The van der Waals surface area contributed by atoms with E-state index in [0.29, 0.717) is 27.0 Å². The minimum Gasteiger partial charge on any atom is -0.507 e. The Hall–Kier alpha value is -3.65. The molecule has 0 spiro atoms. The maximum Gasteiger partial charge on any atom is 0.300 e. The second-order valence-corrected chi connectivity index (χ2v) is 8.57. The fourth-order valence-corrected chi connectivity index (χ4v) is 4.37. The highest BCUT2D eigenvalue weighted by Gasteiger charge is 2.47. The van der Waals surface area contributed by atoms with Gasteiger partial charge in [0, 0.05) is 43.4 Å². The summed E-state index contributed by atoms with van der Waals surface area (Å²) in [6, 6.07) is 15.0. The first-order valence-electron chi connectivity index (χ1n) is 10.2. The largest absolute Gasteiger partial charge is 0.507 e. The van der Waals surface area contributed by atoms with Crippen molar-refractivity contribution in [1.82, 2.24) is 4.98 Å². The SMILES string of the molecule is COc1ccc(/C(O)=C2/C(=O)C(=O)N(c3ccc(N(C)C)cc3)C2c2cccnc2)cc1Br. The lowest BCUT2D eigenvalue weighted by Crippen LogP contribution is -2.29. The summed E-state index contributed by atoms with van der Waals surface area (Å²) in [6.45, 7) is 0. The second-order valence-electron chi connectivity index (χ2n) is 7.72. The Labute approximate surface area is 200 Å². The van der Waals surface area contributed by atoms with E-state index in [1.54, 1.807) is 54.9 Å². The molecule has 1 aliphatic heterocycles. The van der Waals surface area contributed by atoms with Gasteiger partial charge in [-0.1, -0.05) is 6.07 Å². The maximum absolute atomic E-state index is 13.2. The van der Waals surface area contributed by atoms with Gasteiger partial charge in [-0.25, -0.2) is 0 Å². The molecule has 4 rings (SSSR count). The predicted molar refractivity (Wildman–Crippen MR) is 130 cm³/mol. The number of hydrogen-bond acceptors (Lipinski definition) is 6. The summed E-state index contributed by atoms with van der Waals surface area (Å²) < 4.78 is 5.86. The first-order valence-corrected chi connectivity index (χ1v) is 10.9. The van der Waals surface area contributed by atoms with Crippen molar-refractivity contribution in [1.29, 1.82) is 0 Å². The number of pyridine rings is 1. The molecule has 1 unspecified atom stereocenters. The van der Waals surface area contributed by atoms with Crippen molar-refractivity contribution in [2.24, 2.45) is 0 Å². The molecule has 7 nitrogen and oxygen atoms in total. The number of halogens is 1. The smallest absolute Gasteiger partial charge is 0.300 e. The molecule has 8 heteroatoms. The Morgan fingerprint density at radius 3 is 2.42 bits per heavy atom. The fraction of sp³-hybridized carbons (Fsp3) is 0.160. The number of nitrogens with zero attached hydrogens (tertiary/aromatic N) is 3. The van der Waals surface area contributed by atoms with Crippen molar-refractivity contribution in [3.8, 4) is 5.75 Å². The van der Waals surface area contributed by atoms with E-state index in [9.17, 15) is 14.7 Å². The minimum atomic E-state index is -0.829. The lowest BCUT2D eigenvalue weighted by atomic mass is 9.96. The summed E-state index contributed by atoms with van der Waals surface area (Å²) >= 11 is 3.40. The highest BCUT2D eigenvalue weighted by Crippen LogP contribution is 2.42. The molecule has 1 N–H and O–H groups in total. The zero-order valence-electron chi connectivity index (χ0n) is 18.3. The average Bonchev–Trinajstić information content (AvgIpc) is 3.09. The highest BCUT2D eigenvalue weighted by atomic mass is 79.9. The Balaban J connectivity index is 1.89. The van der Waals surface area contributed by atoms with Crippen LogP contribution in [0.5, 0.6) is 5.75 Å². The molecule has 1 aliphatic rings. The van der Waals surface area contributed by atoms with Crippen LogP contribution in [0.1, 0.15) is 17.2 Å². The number of carbonyl (C=O) groups excluding carboxylic acids is 2. The summed E-state index contributed by atoms with van der Waals surface area (Å²) in [5, 5.41) is 11.2. The van der Waals surface area contributed by atoms with Crippen LogP contribution in [-0.4, -0.2) is 43.0 Å². The number of Topliss-reactive ketones (excluding diaryl/α,β-unsaturated/α-hetero) is 1. The molecule has 0 saturated carbocycles. The van der Waals surface area contributed by atoms with E-state index >= 15 is 0 Å². The molecule has 1 amide bonds. The first kappa shape index (κ1) is 22.5. The van der Waals surface area contributed by atoms with Crippen LogP contribution in [0.2, 0.25) is 0 Å². The van der Waals surface area contributed by atoms with Crippen molar-refractivity contribution in [2.45, 2.75) is 6.04 Å². The number of methoxy groups -OCH3 is 1. The van der Waals surface area contributed by atoms with Crippen molar-refractivity contribution in [2.75, 3.05) is 31.0 Å². The van der Waals surface area contributed by atoms with Gasteiger partial charge in [0.05, 0.1) is 23.2 Å². The van der Waals surface area contributed by atoms with Crippen molar-refractivity contribution < 1.29 is 19.4 Å². The number of aliphatic hydroxyl groups excluding tert-OH is 1. The van der Waals surface area contributed by atoms with Crippen molar-refractivity contribution in [3.63, 3.8) is 0 Å². The van der Waals surface area contributed by atoms with Gasteiger partial charge in [-0.2, -0.15) is 0 Å². The van der Waals surface area contributed by atoms with Crippen molar-refractivity contribution >= 4 is 44.8 Å². The summed E-state index contributed by atoms with van der Waals surface area (Å²) in [5.74, 6) is -1.16. The molecular formula is C25H22BrN3O4. The summed E-state index contributed by atoms with van der Waals surface area (Å²) in [4.78, 5) is 33.9. The van der Waals surface area contributed by atoms with E-state index in [-0.39, 0.29) is 11.3 Å². The van der Waals surface area contributed by atoms with Crippen molar-refractivity contribution in [3.05, 3.63) is 88.2 Å². The second kappa shape index (κ2) is 9.07. The van der Waals surface area contributed by atoms with Gasteiger partial charge in [0.1, 0.15) is 11.5 Å². The summed E-state index contributed by atoms with van der Waals surface area (Å²) in [7, 11) is 5.38. The third-order valence-corrected chi connectivity index (χ3v) is 6.13. The monoisotopic (exact) mass is 507 g/mol. The van der Waals surface area contributed by atoms with Crippen LogP contribution in [0.15, 0.2) is 77.0 Å². The zero-order chi connectivity index (χ0) is 23.7. The number of amides is 1. The van der Waals surface area contributed by atoms with Crippen LogP contribution >= 0.6 is 15.9 Å². The van der Waals surface area contributed by atoms with Gasteiger partial charge in [0.15, 0.2) is 0 Å². The molecule has 1 saturated heterocycles. The Morgan fingerprint density at radius 2 is 1.85 bits per heavy atom. The van der Waals surface area contributed by atoms with E-state index < -0.39 is 17.7 Å². The van der Waals surface area contributed by atoms with E-state index in [2.05, 4.69) is 20.9 Å². The normalized spacial score (nSPS) is 17.3.